The highest BCUT2D eigenvalue weighted by Crippen LogP contribution is 2.12. The maximum atomic E-state index is 12.8. The summed E-state index contributed by atoms with van der Waals surface area (Å²) in [6.45, 7) is 6.39. The van der Waals surface area contributed by atoms with Crippen LogP contribution < -0.4 is 0 Å². The minimum Gasteiger partial charge on any atom is -0.462 e. The molecule has 0 unspecified atom stereocenters. The Kier molecular flexibility index (Phi) is 52.0. The molecule has 0 aromatic carbocycles. The Morgan fingerprint density at radius 2 is 0.588 bits per heavy atom. The van der Waals surface area contributed by atoms with E-state index in [0.29, 0.717) is 19.3 Å². The van der Waals surface area contributed by atoms with Crippen molar-refractivity contribution in [1.29, 1.82) is 0 Å². The van der Waals surface area contributed by atoms with Gasteiger partial charge in [-0.15, -0.1) is 0 Å². The molecule has 0 aliphatic rings. The number of allylic oxidation sites excluding steroid dienone is 20. The Balaban J connectivity index is 4.57. The van der Waals surface area contributed by atoms with E-state index in [1.165, 1.54) is 70.6 Å². The van der Waals surface area contributed by atoms with E-state index in [-0.39, 0.29) is 37.5 Å². The van der Waals surface area contributed by atoms with Crippen LogP contribution in [0, 0.1) is 0 Å². The van der Waals surface area contributed by atoms with Crippen molar-refractivity contribution in [1.82, 2.24) is 0 Å². The molecule has 0 N–H and O–H groups in total. The van der Waals surface area contributed by atoms with Gasteiger partial charge in [-0.3, -0.25) is 14.4 Å². The first-order chi connectivity index (χ1) is 33.5. The maximum Gasteiger partial charge on any atom is 0.306 e. The van der Waals surface area contributed by atoms with E-state index in [4.69, 9.17) is 14.2 Å². The minimum absolute atomic E-state index is 0.118. The Bertz CT molecular complexity index is 1450. The second-order valence-corrected chi connectivity index (χ2v) is 17.7. The van der Waals surface area contributed by atoms with E-state index in [1.807, 2.05) is 0 Å². The molecule has 0 aliphatic heterocycles. The monoisotopic (exact) mass is 941 g/mol. The molecule has 0 fully saturated rings. The molecule has 68 heavy (non-hydrogen) atoms. The number of esters is 3. The summed E-state index contributed by atoms with van der Waals surface area (Å²) in [6, 6.07) is 0. The van der Waals surface area contributed by atoms with Gasteiger partial charge < -0.3 is 14.2 Å². The first kappa shape index (κ1) is 63.8. The molecule has 0 amide bonds. The van der Waals surface area contributed by atoms with E-state index >= 15 is 0 Å². The lowest BCUT2D eigenvalue weighted by Gasteiger charge is -2.18. The Morgan fingerprint density at radius 1 is 0.309 bits per heavy atom. The van der Waals surface area contributed by atoms with E-state index in [1.54, 1.807) is 0 Å². The summed E-state index contributed by atoms with van der Waals surface area (Å²) < 4.78 is 16.7. The van der Waals surface area contributed by atoms with Crippen LogP contribution in [0.2, 0.25) is 0 Å². The van der Waals surface area contributed by atoms with Gasteiger partial charge in [-0.05, 0) is 128 Å². The summed E-state index contributed by atoms with van der Waals surface area (Å²) in [6.07, 6.45) is 76.1. The molecule has 0 aliphatic carbocycles. The molecule has 0 saturated carbocycles. The Morgan fingerprint density at radius 3 is 1.00 bits per heavy atom. The van der Waals surface area contributed by atoms with Gasteiger partial charge in [0, 0.05) is 19.3 Å². The van der Waals surface area contributed by atoms with Gasteiger partial charge in [0.2, 0.25) is 0 Å². The molecule has 6 nitrogen and oxygen atoms in total. The van der Waals surface area contributed by atoms with Crippen LogP contribution in [-0.4, -0.2) is 37.2 Å². The number of carbonyl (C=O) groups is 3. The average molecular weight is 941 g/mol. The van der Waals surface area contributed by atoms with E-state index in [9.17, 15) is 14.4 Å². The molecule has 0 bridgehead atoms. The lowest BCUT2D eigenvalue weighted by Crippen LogP contribution is -2.30. The van der Waals surface area contributed by atoms with Crippen molar-refractivity contribution >= 4 is 17.9 Å². The minimum atomic E-state index is -0.828. The second-order valence-electron chi connectivity index (χ2n) is 17.7. The fourth-order valence-electron chi connectivity index (χ4n) is 7.04. The number of carbonyl (C=O) groups excluding carboxylic acids is 3. The van der Waals surface area contributed by atoms with Gasteiger partial charge in [0.15, 0.2) is 6.10 Å². The van der Waals surface area contributed by atoms with Gasteiger partial charge in [0.05, 0.1) is 0 Å². The molecular weight excluding hydrogens is 841 g/mol. The summed E-state index contributed by atoms with van der Waals surface area (Å²) in [5.74, 6) is -1.02. The number of rotatable bonds is 48. The maximum absolute atomic E-state index is 12.8. The molecule has 6 heteroatoms. The average Bonchev–Trinajstić information content (AvgIpc) is 3.34. The Labute approximate surface area is 418 Å². The number of ether oxygens (including phenoxy) is 3. The molecule has 0 radical (unpaired) electrons. The van der Waals surface area contributed by atoms with E-state index < -0.39 is 6.10 Å². The zero-order chi connectivity index (χ0) is 49.3. The zero-order valence-corrected chi connectivity index (χ0v) is 43.8. The van der Waals surface area contributed by atoms with Crippen LogP contribution in [0.5, 0.6) is 0 Å². The van der Waals surface area contributed by atoms with E-state index in [2.05, 4.69) is 142 Å². The van der Waals surface area contributed by atoms with Crippen molar-refractivity contribution in [2.45, 2.75) is 239 Å². The number of hydrogen-bond acceptors (Lipinski definition) is 6. The lowest BCUT2D eigenvalue weighted by atomic mass is 10.1. The van der Waals surface area contributed by atoms with Crippen LogP contribution in [0.3, 0.4) is 0 Å². The van der Waals surface area contributed by atoms with Crippen LogP contribution in [0.4, 0.5) is 0 Å². The van der Waals surface area contributed by atoms with Crippen molar-refractivity contribution in [3.05, 3.63) is 122 Å². The van der Waals surface area contributed by atoms with Gasteiger partial charge in [0.1, 0.15) is 13.2 Å². The number of unbranched alkanes of at least 4 members (excludes halogenated alkanes) is 17. The molecule has 0 aromatic heterocycles. The summed E-state index contributed by atoms with van der Waals surface area (Å²) in [5, 5.41) is 0. The predicted octanol–water partition coefficient (Wildman–Crippen LogP) is 18.5. The lowest BCUT2D eigenvalue weighted by molar-refractivity contribution is -0.167. The van der Waals surface area contributed by atoms with Crippen LogP contribution in [-0.2, 0) is 28.6 Å². The highest BCUT2D eigenvalue weighted by molar-refractivity contribution is 5.71. The summed E-state index contributed by atoms with van der Waals surface area (Å²) in [5.41, 5.74) is 0. The highest BCUT2D eigenvalue weighted by atomic mass is 16.6. The largest absolute Gasteiger partial charge is 0.462 e. The normalized spacial score (nSPS) is 13.0. The number of hydrogen-bond donors (Lipinski definition) is 0. The van der Waals surface area contributed by atoms with Gasteiger partial charge in [-0.2, -0.15) is 0 Å². The van der Waals surface area contributed by atoms with Crippen molar-refractivity contribution < 1.29 is 28.6 Å². The van der Waals surface area contributed by atoms with Crippen molar-refractivity contribution in [3.63, 3.8) is 0 Å². The summed E-state index contributed by atoms with van der Waals surface area (Å²) >= 11 is 0. The van der Waals surface area contributed by atoms with Crippen LogP contribution in [0.25, 0.3) is 0 Å². The summed E-state index contributed by atoms with van der Waals surface area (Å²) in [7, 11) is 0. The van der Waals surface area contributed by atoms with Crippen LogP contribution >= 0.6 is 0 Å². The van der Waals surface area contributed by atoms with E-state index in [0.717, 1.165) is 116 Å². The zero-order valence-electron chi connectivity index (χ0n) is 43.8. The van der Waals surface area contributed by atoms with Gasteiger partial charge in [-0.25, -0.2) is 0 Å². The molecule has 1 atom stereocenters. The fourth-order valence-corrected chi connectivity index (χ4v) is 7.04. The molecule has 0 saturated heterocycles. The topological polar surface area (TPSA) is 78.9 Å². The first-order valence-corrected chi connectivity index (χ1v) is 27.5. The Hall–Kier alpha value is -4.19. The van der Waals surface area contributed by atoms with Gasteiger partial charge in [-0.1, -0.05) is 206 Å². The third-order valence-corrected chi connectivity index (χ3v) is 11.2. The molecular formula is C62H100O6. The van der Waals surface area contributed by atoms with Crippen molar-refractivity contribution in [2.75, 3.05) is 13.2 Å². The summed E-state index contributed by atoms with van der Waals surface area (Å²) in [4.78, 5) is 38.1. The molecule has 0 heterocycles. The SMILES string of the molecule is CC/C=C/C/C=C/C/C=C/C/C=C/C/C=C/CCCC(=O)O[C@@H](COC(=O)CCCCC/C=C/C/C=C/C/C=C/C/C=C/CCCCC)COC(=O)CCCCCCC/C=C/CCCCCCC. The molecule has 0 spiro atoms. The van der Waals surface area contributed by atoms with Crippen molar-refractivity contribution in [2.24, 2.45) is 0 Å². The van der Waals surface area contributed by atoms with Gasteiger partial charge >= 0.3 is 17.9 Å². The molecule has 0 rings (SSSR count). The standard InChI is InChI=1S/C62H100O6/c1-4-7-10-13-16-19-22-25-28-30-31-33-34-37-40-43-46-49-52-55-61(64)67-58-59(57-66-60(63)54-51-48-45-42-39-36-27-24-21-18-15-12-9-6-3)68-62(65)56-53-50-47-44-41-38-35-32-29-26-23-20-17-14-11-8-5-2/h8,11,16-17,19-20,24-29,31,33,35,37-38,40,44,47,59H,4-7,9-10,12-15,18,21-23,30,32,34,36,39,41-43,45-46,48-58H2,1-3H3/b11-8+,19-16+,20-17+,27-24+,28-25+,29-26+,33-31+,38-35+,40-37+,47-44+/t59-/m1/s1. The predicted molar refractivity (Wildman–Crippen MR) is 293 cm³/mol. The molecule has 384 valence electrons. The smallest absolute Gasteiger partial charge is 0.306 e. The van der Waals surface area contributed by atoms with Crippen molar-refractivity contribution in [3.8, 4) is 0 Å². The van der Waals surface area contributed by atoms with Crippen LogP contribution in [0.1, 0.15) is 233 Å². The third-order valence-electron chi connectivity index (χ3n) is 11.2. The van der Waals surface area contributed by atoms with Gasteiger partial charge in [0.25, 0.3) is 0 Å². The molecule has 0 aromatic rings. The highest BCUT2D eigenvalue weighted by Gasteiger charge is 2.19. The van der Waals surface area contributed by atoms with Crippen LogP contribution in [0.15, 0.2) is 122 Å². The first-order valence-electron chi connectivity index (χ1n) is 27.5. The third kappa shape index (κ3) is 52.8. The fraction of sp³-hybridized carbons (Fsp3) is 0.629. The second kappa shape index (κ2) is 55.4. The quantitative estimate of drug-likeness (QED) is 0.0262.